The summed E-state index contributed by atoms with van der Waals surface area (Å²) in [4.78, 5) is 0. The number of benzene rings is 2. The summed E-state index contributed by atoms with van der Waals surface area (Å²) in [6, 6.07) is 12.6. The molecule has 2 aliphatic rings. The minimum absolute atomic E-state index is 0. The number of rotatable bonds is 7. The SMILES string of the molecule is Cl.NC1CCC(CN[C@@H]2C[C@@H]2c2cc(F)cc(F)c2OCc2ccccc2)CC1. The van der Waals surface area contributed by atoms with E-state index in [1.54, 1.807) is 0 Å². The molecule has 2 fully saturated rings. The highest BCUT2D eigenvalue weighted by molar-refractivity contribution is 5.85. The molecule has 0 aliphatic heterocycles. The van der Waals surface area contributed by atoms with Crippen LogP contribution in [-0.2, 0) is 6.61 Å². The van der Waals surface area contributed by atoms with E-state index in [0.29, 0.717) is 17.5 Å². The highest BCUT2D eigenvalue weighted by atomic mass is 35.5. The van der Waals surface area contributed by atoms with E-state index in [0.717, 1.165) is 50.3 Å². The van der Waals surface area contributed by atoms with Crippen molar-refractivity contribution in [3.05, 3.63) is 65.2 Å². The third-order valence-corrected chi connectivity index (χ3v) is 6.01. The van der Waals surface area contributed by atoms with Crippen molar-refractivity contribution in [1.82, 2.24) is 5.32 Å². The Bertz CT molecular complexity index is 797. The highest BCUT2D eigenvalue weighted by Crippen LogP contribution is 2.46. The third-order valence-electron chi connectivity index (χ3n) is 6.01. The number of halogens is 3. The molecule has 158 valence electrons. The van der Waals surface area contributed by atoms with Gasteiger partial charge in [0.2, 0.25) is 0 Å². The molecule has 0 amide bonds. The van der Waals surface area contributed by atoms with E-state index in [9.17, 15) is 8.78 Å². The summed E-state index contributed by atoms with van der Waals surface area (Å²) in [7, 11) is 0. The molecule has 0 radical (unpaired) electrons. The van der Waals surface area contributed by atoms with Gasteiger partial charge in [0.25, 0.3) is 0 Å². The van der Waals surface area contributed by atoms with Crippen molar-refractivity contribution in [3.8, 4) is 5.75 Å². The maximum Gasteiger partial charge on any atom is 0.168 e. The van der Waals surface area contributed by atoms with E-state index in [1.807, 2.05) is 30.3 Å². The number of hydrogen-bond acceptors (Lipinski definition) is 3. The second kappa shape index (κ2) is 9.88. The van der Waals surface area contributed by atoms with Gasteiger partial charge in [0.05, 0.1) is 0 Å². The van der Waals surface area contributed by atoms with Gasteiger partial charge in [0, 0.05) is 29.6 Å². The Kier molecular flexibility index (Phi) is 7.49. The van der Waals surface area contributed by atoms with E-state index in [4.69, 9.17) is 10.5 Å². The lowest BCUT2D eigenvalue weighted by Gasteiger charge is -2.26. The molecule has 3 nitrogen and oxygen atoms in total. The molecule has 4 rings (SSSR count). The molecular weight excluding hydrogens is 394 g/mol. The zero-order valence-corrected chi connectivity index (χ0v) is 17.3. The molecule has 2 saturated carbocycles. The summed E-state index contributed by atoms with van der Waals surface area (Å²) in [5, 5.41) is 3.59. The maximum absolute atomic E-state index is 14.4. The molecular formula is C23H29ClF2N2O. The van der Waals surface area contributed by atoms with Crippen LogP contribution in [0.15, 0.2) is 42.5 Å². The minimum Gasteiger partial charge on any atom is -0.486 e. The van der Waals surface area contributed by atoms with Gasteiger partial charge in [-0.3, -0.25) is 0 Å². The van der Waals surface area contributed by atoms with Crippen LogP contribution < -0.4 is 15.8 Å². The van der Waals surface area contributed by atoms with Gasteiger partial charge in [0.1, 0.15) is 12.4 Å². The van der Waals surface area contributed by atoms with E-state index < -0.39 is 11.6 Å². The quantitative estimate of drug-likeness (QED) is 0.665. The van der Waals surface area contributed by atoms with Crippen molar-refractivity contribution in [2.45, 2.75) is 56.7 Å². The summed E-state index contributed by atoms with van der Waals surface area (Å²) in [6.07, 6.45) is 5.38. The predicted molar refractivity (Wildman–Crippen MR) is 113 cm³/mol. The van der Waals surface area contributed by atoms with Crippen LogP contribution in [0.3, 0.4) is 0 Å². The van der Waals surface area contributed by atoms with Crippen LogP contribution >= 0.6 is 12.4 Å². The van der Waals surface area contributed by atoms with Gasteiger partial charge < -0.3 is 15.8 Å². The third kappa shape index (κ3) is 5.68. The van der Waals surface area contributed by atoms with Crippen LogP contribution in [0.5, 0.6) is 5.75 Å². The van der Waals surface area contributed by atoms with Crippen LogP contribution in [0.4, 0.5) is 8.78 Å². The first kappa shape index (κ1) is 22.0. The molecule has 0 saturated heterocycles. The van der Waals surface area contributed by atoms with Gasteiger partial charge in [0.15, 0.2) is 11.6 Å². The van der Waals surface area contributed by atoms with E-state index in [1.165, 1.54) is 6.07 Å². The Hall–Kier alpha value is -1.69. The largest absolute Gasteiger partial charge is 0.486 e. The van der Waals surface area contributed by atoms with Gasteiger partial charge in [-0.2, -0.15) is 0 Å². The van der Waals surface area contributed by atoms with Crippen molar-refractivity contribution in [2.24, 2.45) is 11.7 Å². The van der Waals surface area contributed by atoms with Crippen molar-refractivity contribution in [2.75, 3.05) is 6.54 Å². The van der Waals surface area contributed by atoms with Crippen molar-refractivity contribution in [3.63, 3.8) is 0 Å². The van der Waals surface area contributed by atoms with Crippen LogP contribution in [0.25, 0.3) is 0 Å². The fourth-order valence-electron chi connectivity index (χ4n) is 4.21. The van der Waals surface area contributed by atoms with Gasteiger partial charge in [-0.15, -0.1) is 12.4 Å². The molecule has 2 aliphatic carbocycles. The first-order valence-corrected chi connectivity index (χ1v) is 10.2. The summed E-state index contributed by atoms with van der Waals surface area (Å²) < 4.78 is 34.1. The first-order chi connectivity index (χ1) is 13.6. The molecule has 0 heterocycles. The molecule has 29 heavy (non-hydrogen) atoms. The zero-order chi connectivity index (χ0) is 19.5. The first-order valence-electron chi connectivity index (χ1n) is 10.2. The molecule has 0 unspecified atom stereocenters. The Morgan fingerprint density at radius 1 is 1.03 bits per heavy atom. The number of nitrogens with one attached hydrogen (secondary N) is 1. The Labute approximate surface area is 177 Å². The summed E-state index contributed by atoms with van der Waals surface area (Å²) in [5.74, 6) is -0.242. The average Bonchev–Trinajstić information content (AvgIpc) is 3.47. The summed E-state index contributed by atoms with van der Waals surface area (Å²) in [5.41, 5.74) is 7.57. The lowest BCUT2D eigenvalue weighted by molar-refractivity contribution is 0.285. The van der Waals surface area contributed by atoms with Crippen LogP contribution in [-0.4, -0.2) is 18.6 Å². The minimum atomic E-state index is -0.627. The van der Waals surface area contributed by atoms with Gasteiger partial charge in [-0.1, -0.05) is 30.3 Å². The van der Waals surface area contributed by atoms with Crippen LogP contribution in [0.2, 0.25) is 0 Å². The number of hydrogen-bond donors (Lipinski definition) is 2. The molecule has 2 atom stereocenters. The second-order valence-electron chi connectivity index (χ2n) is 8.22. The normalized spacial score (nSPS) is 25.9. The van der Waals surface area contributed by atoms with Gasteiger partial charge in [-0.05, 0) is 56.2 Å². The topological polar surface area (TPSA) is 47.3 Å². The van der Waals surface area contributed by atoms with Gasteiger partial charge >= 0.3 is 0 Å². The highest BCUT2D eigenvalue weighted by Gasteiger charge is 2.41. The van der Waals surface area contributed by atoms with Crippen molar-refractivity contribution >= 4 is 12.4 Å². The van der Waals surface area contributed by atoms with Gasteiger partial charge in [-0.25, -0.2) is 8.78 Å². The van der Waals surface area contributed by atoms with E-state index >= 15 is 0 Å². The van der Waals surface area contributed by atoms with Crippen molar-refractivity contribution in [1.29, 1.82) is 0 Å². The molecule has 0 aromatic heterocycles. The fourth-order valence-corrected chi connectivity index (χ4v) is 4.21. The number of ether oxygens (including phenoxy) is 1. The van der Waals surface area contributed by atoms with Crippen LogP contribution in [0.1, 0.15) is 49.1 Å². The Morgan fingerprint density at radius 2 is 1.76 bits per heavy atom. The average molecular weight is 423 g/mol. The predicted octanol–water partition coefficient (Wildman–Crippen LogP) is 4.93. The lowest BCUT2D eigenvalue weighted by atomic mass is 9.86. The molecule has 0 bridgehead atoms. The molecule has 3 N–H and O–H groups in total. The second-order valence-corrected chi connectivity index (χ2v) is 8.22. The molecule has 2 aromatic carbocycles. The lowest BCUT2D eigenvalue weighted by Crippen LogP contribution is -2.32. The fraction of sp³-hybridized carbons (Fsp3) is 0.478. The maximum atomic E-state index is 14.4. The summed E-state index contributed by atoms with van der Waals surface area (Å²) >= 11 is 0. The van der Waals surface area contributed by atoms with E-state index in [-0.39, 0.29) is 36.7 Å². The molecule has 0 spiro atoms. The summed E-state index contributed by atoms with van der Waals surface area (Å²) in [6.45, 7) is 1.22. The number of nitrogens with two attached hydrogens (primary N) is 1. The van der Waals surface area contributed by atoms with Crippen molar-refractivity contribution < 1.29 is 13.5 Å². The smallest absolute Gasteiger partial charge is 0.168 e. The zero-order valence-electron chi connectivity index (χ0n) is 16.5. The Balaban J connectivity index is 0.00000240. The molecule has 2 aromatic rings. The molecule has 6 heteroatoms. The van der Waals surface area contributed by atoms with E-state index in [2.05, 4.69) is 5.32 Å². The monoisotopic (exact) mass is 422 g/mol. The standard InChI is InChI=1S/C23H28F2N2O.ClH/c24-17-10-20(19-12-22(19)27-13-15-6-8-18(26)9-7-15)23(21(25)11-17)28-14-16-4-2-1-3-5-16;/h1-5,10-11,15,18-19,22,27H,6-9,12-14,26H2;1H/t15?,18?,19-,22-;/m1./s1. The Morgan fingerprint density at radius 3 is 2.48 bits per heavy atom. The van der Waals surface area contributed by atoms with Crippen LogP contribution in [0, 0.1) is 17.6 Å².